The van der Waals surface area contributed by atoms with Gasteiger partial charge in [0, 0.05) is 37.1 Å². The number of halogens is 1. The molecule has 1 aromatic carbocycles. The Morgan fingerprint density at radius 2 is 1.80 bits per heavy atom. The van der Waals surface area contributed by atoms with Gasteiger partial charge in [0.25, 0.3) is 0 Å². The molecule has 0 radical (unpaired) electrons. The summed E-state index contributed by atoms with van der Waals surface area (Å²) in [5.41, 5.74) is 0.714. The summed E-state index contributed by atoms with van der Waals surface area (Å²) in [5.74, 6) is 0.832. The second kappa shape index (κ2) is 21.1. The lowest BCUT2D eigenvalue weighted by atomic mass is 9.76. The maximum absolute atomic E-state index is 13.2. The zero-order valence-electron chi connectivity index (χ0n) is 31.5. The van der Waals surface area contributed by atoms with Gasteiger partial charge in [-0.3, -0.25) is 9.69 Å². The van der Waals surface area contributed by atoms with Gasteiger partial charge < -0.3 is 34.1 Å². The van der Waals surface area contributed by atoms with Crippen LogP contribution < -0.4 is 10.6 Å². The Balaban J connectivity index is 0.000000319. The Morgan fingerprint density at radius 1 is 1.06 bits per heavy atom. The van der Waals surface area contributed by atoms with Gasteiger partial charge in [0.1, 0.15) is 24.1 Å². The number of alkyl halides is 1. The number of alkyl carbamates (subject to hydrolysis) is 1. The number of carbonyl (C=O) groups excluding carboxylic acids is 4. The zero-order chi connectivity index (χ0) is 37.4. The highest BCUT2D eigenvalue weighted by atomic mass is 19.1. The predicted octanol–water partition coefficient (Wildman–Crippen LogP) is 7.71. The molecule has 4 unspecified atom stereocenters. The van der Waals surface area contributed by atoms with E-state index in [1.807, 2.05) is 19.1 Å². The number of methoxy groups -OCH3 is 1. The monoisotopic (exact) mass is 717 g/mol. The number of amides is 2. The van der Waals surface area contributed by atoms with Crippen molar-refractivity contribution in [1.82, 2.24) is 10.2 Å². The first-order valence-electron chi connectivity index (χ1n) is 18.6. The molecule has 2 N–H and O–H groups in total. The molecule has 0 bridgehead atoms. The fraction of sp³-hybridized carbons (Fsp3) is 0.692. The third-order valence-electron chi connectivity index (χ3n) is 9.68. The summed E-state index contributed by atoms with van der Waals surface area (Å²) in [6.45, 7) is 8.38. The molecular formula is C39H60FN3O8. The molecule has 0 spiro atoms. The van der Waals surface area contributed by atoms with Crippen LogP contribution in [0.5, 0.6) is 0 Å². The van der Waals surface area contributed by atoms with Crippen molar-refractivity contribution >= 4 is 40.9 Å². The first-order valence-corrected chi connectivity index (χ1v) is 18.6. The summed E-state index contributed by atoms with van der Waals surface area (Å²) >= 11 is 0. The summed E-state index contributed by atoms with van der Waals surface area (Å²) in [6, 6.07) is 6.49. The van der Waals surface area contributed by atoms with Gasteiger partial charge in [-0.2, -0.15) is 0 Å². The number of rotatable bonds is 16. The third kappa shape index (κ3) is 13.9. The van der Waals surface area contributed by atoms with E-state index in [4.69, 9.17) is 18.6 Å². The number of likely N-dealkylation sites (N-methyl/N-ethyl adjacent to an activating group) is 1. The molecule has 51 heavy (non-hydrogen) atoms. The molecule has 2 aliphatic rings. The minimum absolute atomic E-state index is 0.0294. The Labute approximate surface area is 302 Å². The number of benzene rings is 1. The topological polar surface area (TPSA) is 136 Å². The normalized spacial score (nSPS) is 19.4. The minimum atomic E-state index is -0.628. The average molecular weight is 718 g/mol. The van der Waals surface area contributed by atoms with Gasteiger partial charge in [0.05, 0.1) is 18.7 Å². The lowest BCUT2D eigenvalue weighted by Gasteiger charge is -2.32. The summed E-state index contributed by atoms with van der Waals surface area (Å²) in [5, 5.41) is 6.38. The molecule has 2 heterocycles. The van der Waals surface area contributed by atoms with Gasteiger partial charge in [-0.05, 0) is 96.1 Å². The van der Waals surface area contributed by atoms with Crippen LogP contribution in [0.3, 0.4) is 0 Å². The number of fused-ring (bicyclic) bond motifs is 1. The SMILES string of the molecule is CCC(C=O)CCCC(CF)NC(=O)OC(C)(C)C.COCCCOC(=O)c1cc2cc(NC(=O)C3C(C4CCCCC4)CCN3C)ccc2o1. The third-order valence-corrected chi connectivity index (χ3v) is 9.68. The molecule has 2 fully saturated rings. The molecule has 11 nitrogen and oxygen atoms in total. The van der Waals surface area contributed by atoms with E-state index in [2.05, 4.69) is 22.6 Å². The van der Waals surface area contributed by atoms with Crippen molar-refractivity contribution in [3.8, 4) is 0 Å². The van der Waals surface area contributed by atoms with Gasteiger partial charge >= 0.3 is 12.1 Å². The van der Waals surface area contributed by atoms with Crippen molar-refractivity contribution in [1.29, 1.82) is 0 Å². The molecule has 2 amide bonds. The predicted molar refractivity (Wildman–Crippen MR) is 196 cm³/mol. The minimum Gasteiger partial charge on any atom is -0.460 e. The number of aldehydes is 1. The molecule has 286 valence electrons. The van der Waals surface area contributed by atoms with Crippen molar-refractivity contribution in [2.45, 2.75) is 116 Å². The number of carbonyl (C=O) groups is 4. The highest BCUT2D eigenvalue weighted by Crippen LogP contribution is 2.39. The molecule has 1 aliphatic heterocycles. The molecular weight excluding hydrogens is 657 g/mol. The number of hydrogen-bond acceptors (Lipinski definition) is 9. The number of hydrogen-bond donors (Lipinski definition) is 2. The second-order valence-electron chi connectivity index (χ2n) is 14.8. The van der Waals surface area contributed by atoms with E-state index in [0.717, 1.165) is 37.5 Å². The van der Waals surface area contributed by atoms with Crippen LogP contribution in [0.4, 0.5) is 14.9 Å². The van der Waals surface area contributed by atoms with E-state index in [1.54, 1.807) is 40.0 Å². The van der Waals surface area contributed by atoms with Gasteiger partial charge in [-0.25, -0.2) is 14.0 Å². The van der Waals surface area contributed by atoms with Crippen LogP contribution in [0, 0.1) is 17.8 Å². The van der Waals surface area contributed by atoms with E-state index < -0.39 is 30.4 Å². The van der Waals surface area contributed by atoms with Crippen molar-refractivity contribution in [3.63, 3.8) is 0 Å². The van der Waals surface area contributed by atoms with E-state index >= 15 is 0 Å². The molecule has 1 aromatic heterocycles. The zero-order valence-corrected chi connectivity index (χ0v) is 31.5. The quantitative estimate of drug-likeness (QED) is 0.102. The Bertz CT molecular complexity index is 1390. The van der Waals surface area contributed by atoms with Crippen LogP contribution in [0.15, 0.2) is 28.7 Å². The highest BCUT2D eigenvalue weighted by Gasteiger charge is 2.41. The number of likely N-dealkylation sites (tertiary alicyclic amines) is 1. The number of esters is 1. The highest BCUT2D eigenvalue weighted by molar-refractivity contribution is 5.98. The van der Waals surface area contributed by atoms with Crippen molar-refractivity contribution in [2.75, 3.05) is 45.9 Å². The number of ether oxygens (including phenoxy) is 3. The molecule has 1 saturated heterocycles. The summed E-state index contributed by atoms with van der Waals surface area (Å²) in [7, 11) is 3.66. The maximum atomic E-state index is 13.2. The second-order valence-corrected chi connectivity index (χ2v) is 14.8. The Morgan fingerprint density at radius 3 is 2.45 bits per heavy atom. The molecule has 1 aliphatic carbocycles. The smallest absolute Gasteiger partial charge is 0.407 e. The number of nitrogens with one attached hydrogen (secondary N) is 2. The van der Waals surface area contributed by atoms with Crippen LogP contribution in [0.25, 0.3) is 11.0 Å². The molecule has 4 atom stereocenters. The Kier molecular flexibility index (Phi) is 17.4. The fourth-order valence-electron chi connectivity index (χ4n) is 6.96. The van der Waals surface area contributed by atoms with Crippen molar-refractivity contribution < 1.29 is 42.2 Å². The average Bonchev–Trinajstić information content (AvgIpc) is 3.71. The maximum Gasteiger partial charge on any atom is 0.407 e. The number of furan rings is 1. The summed E-state index contributed by atoms with van der Waals surface area (Å²) < 4.78 is 33.7. The number of anilines is 1. The van der Waals surface area contributed by atoms with Gasteiger partial charge in [0.2, 0.25) is 11.7 Å². The first kappa shape index (κ1) is 41.9. The van der Waals surface area contributed by atoms with Crippen LogP contribution in [0.2, 0.25) is 0 Å². The largest absolute Gasteiger partial charge is 0.460 e. The van der Waals surface area contributed by atoms with Crippen molar-refractivity contribution in [2.24, 2.45) is 17.8 Å². The van der Waals surface area contributed by atoms with E-state index in [0.29, 0.717) is 49.0 Å². The van der Waals surface area contributed by atoms with Crippen LogP contribution in [-0.4, -0.2) is 87.4 Å². The van der Waals surface area contributed by atoms with E-state index in [-0.39, 0.29) is 30.2 Å². The van der Waals surface area contributed by atoms with Gasteiger partial charge in [0.15, 0.2) is 0 Å². The van der Waals surface area contributed by atoms with Crippen molar-refractivity contribution in [3.05, 3.63) is 30.0 Å². The van der Waals surface area contributed by atoms with E-state index in [1.165, 1.54) is 32.1 Å². The van der Waals surface area contributed by atoms with Gasteiger partial charge in [-0.15, -0.1) is 0 Å². The van der Waals surface area contributed by atoms with Crippen LogP contribution >= 0.6 is 0 Å². The molecule has 12 heteroatoms. The number of nitrogens with zero attached hydrogens (tertiary/aromatic N) is 1. The fourth-order valence-corrected chi connectivity index (χ4v) is 6.96. The van der Waals surface area contributed by atoms with Crippen LogP contribution in [-0.2, 0) is 23.8 Å². The van der Waals surface area contributed by atoms with E-state index in [9.17, 15) is 23.6 Å². The first-order chi connectivity index (χ1) is 24.4. The summed E-state index contributed by atoms with van der Waals surface area (Å²) in [4.78, 5) is 49.8. The van der Waals surface area contributed by atoms with Gasteiger partial charge in [-0.1, -0.05) is 45.4 Å². The van der Waals surface area contributed by atoms with Crippen LogP contribution in [0.1, 0.15) is 109 Å². The lowest BCUT2D eigenvalue weighted by Crippen LogP contribution is -2.43. The molecule has 4 rings (SSSR count). The summed E-state index contributed by atoms with van der Waals surface area (Å²) in [6.07, 6.45) is 11.2. The lowest BCUT2D eigenvalue weighted by molar-refractivity contribution is -0.121. The molecule has 1 saturated carbocycles. The molecule has 2 aromatic rings. The Hall–Kier alpha value is -3.51. The standard InChI is InChI=1S/C25H34N2O5.C14H26FNO3/c1-27-12-11-20(17-7-4-3-5-8-17)23(27)24(28)26-19-9-10-21-18(15-19)16-22(32-21)25(29)31-14-6-13-30-2;1-5-11(10-17)7-6-8-12(9-15)16-13(18)19-14(2,3)4/h9-10,15-17,20,23H,3-8,11-14H2,1-2H3,(H,26,28);10-12H,5-9H2,1-4H3,(H,16,18).